The van der Waals surface area contributed by atoms with Crippen LogP contribution in [0.25, 0.3) is 0 Å². The van der Waals surface area contributed by atoms with Crippen LogP contribution in [0, 0.1) is 17.2 Å². The van der Waals surface area contributed by atoms with E-state index in [0.29, 0.717) is 13.0 Å². The summed E-state index contributed by atoms with van der Waals surface area (Å²) in [6.07, 6.45) is -0.879. The number of nitrogens with one attached hydrogen (secondary N) is 1. The molecule has 2 unspecified atom stereocenters. The second-order valence-corrected chi connectivity index (χ2v) is 6.11. The first kappa shape index (κ1) is 17.3. The van der Waals surface area contributed by atoms with Gasteiger partial charge in [-0.1, -0.05) is 6.42 Å². The number of nitriles is 1. The fraction of sp³-hybridized carbons (Fsp3) is 0.929. The van der Waals surface area contributed by atoms with E-state index >= 15 is 0 Å². The lowest BCUT2D eigenvalue weighted by Crippen LogP contribution is -2.50. The molecule has 0 amide bonds. The zero-order valence-electron chi connectivity index (χ0n) is 12.4. The fourth-order valence-electron chi connectivity index (χ4n) is 3.11. The van der Waals surface area contributed by atoms with E-state index in [1.54, 1.807) is 0 Å². The van der Waals surface area contributed by atoms with E-state index in [9.17, 15) is 18.4 Å². The van der Waals surface area contributed by atoms with Gasteiger partial charge in [0, 0.05) is 6.04 Å². The van der Waals surface area contributed by atoms with Crippen LogP contribution in [0.15, 0.2) is 0 Å². The standard InChI is InChI=1S/C14H24F3N3/c1-11(2)19-13(9-18)7-4-5-12(13)6-8-20(3)10-14(15,16)17/h11-12,19H,4-8,10H2,1-3H3. The maximum absolute atomic E-state index is 12.3. The molecule has 1 aliphatic rings. The first-order valence-electron chi connectivity index (χ1n) is 7.13. The lowest BCUT2D eigenvalue weighted by Gasteiger charge is -2.33. The van der Waals surface area contributed by atoms with Crippen molar-refractivity contribution in [3.8, 4) is 6.07 Å². The third-order valence-corrected chi connectivity index (χ3v) is 3.87. The molecule has 0 bridgehead atoms. The average Bonchev–Trinajstić information content (AvgIpc) is 2.67. The molecule has 116 valence electrons. The quantitative estimate of drug-likeness (QED) is 0.818. The van der Waals surface area contributed by atoms with Gasteiger partial charge in [0.25, 0.3) is 0 Å². The minimum Gasteiger partial charge on any atom is -0.298 e. The van der Waals surface area contributed by atoms with Gasteiger partial charge in [-0.15, -0.1) is 0 Å². The van der Waals surface area contributed by atoms with E-state index in [1.165, 1.54) is 11.9 Å². The average molecular weight is 291 g/mol. The second-order valence-electron chi connectivity index (χ2n) is 6.11. The molecular weight excluding hydrogens is 267 g/mol. The Hall–Kier alpha value is -0.800. The number of hydrogen-bond acceptors (Lipinski definition) is 3. The maximum Gasteiger partial charge on any atom is 0.401 e. The van der Waals surface area contributed by atoms with Crippen molar-refractivity contribution in [1.82, 2.24) is 10.2 Å². The summed E-state index contributed by atoms with van der Waals surface area (Å²) in [5, 5.41) is 12.8. The molecule has 3 nitrogen and oxygen atoms in total. The van der Waals surface area contributed by atoms with Gasteiger partial charge in [0.2, 0.25) is 0 Å². The number of rotatable bonds is 6. The zero-order chi connectivity index (χ0) is 15.4. The maximum atomic E-state index is 12.3. The Labute approximate surface area is 119 Å². The molecule has 0 aliphatic heterocycles. The Bertz CT molecular complexity index is 349. The summed E-state index contributed by atoms with van der Waals surface area (Å²) in [6.45, 7) is 3.46. The van der Waals surface area contributed by atoms with Crippen LogP contribution < -0.4 is 5.32 Å². The van der Waals surface area contributed by atoms with Gasteiger partial charge in [-0.25, -0.2) is 0 Å². The number of hydrogen-bond donors (Lipinski definition) is 1. The lowest BCUT2D eigenvalue weighted by atomic mass is 9.85. The Balaban J connectivity index is 2.56. The molecule has 0 saturated heterocycles. The highest BCUT2D eigenvalue weighted by molar-refractivity contribution is 5.14. The molecule has 0 aromatic carbocycles. The highest BCUT2D eigenvalue weighted by atomic mass is 19.4. The summed E-state index contributed by atoms with van der Waals surface area (Å²) in [6, 6.07) is 2.58. The molecule has 1 N–H and O–H groups in total. The predicted molar refractivity (Wildman–Crippen MR) is 72.1 cm³/mol. The van der Waals surface area contributed by atoms with Crippen molar-refractivity contribution in [2.45, 2.75) is 57.3 Å². The van der Waals surface area contributed by atoms with Crippen LogP contribution in [0.5, 0.6) is 0 Å². The van der Waals surface area contributed by atoms with Gasteiger partial charge in [0.05, 0.1) is 12.6 Å². The molecule has 0 aromatic rings. The minimum atomic E-state index is -4.16. The minimum absolute atomic E-state index is 0.130. The van der Waals surface area contributed by atoms with E-state index in [1.807, 2.05) is 13.8 Å². The van der Waals surface area contributed by atoms with Gasteiger partial charge < -0.3 is 0 Å². The molecule has 1 aliphatic carbocycles. The van der Waals surface area contributed by atoms with Crippen molar-refractivity contribution in [3.63, 3.8) is 0 Å². The highest BCUT2D eigenvalue weighted by Crippen LogP contribution is 2.38. The van der Waals surface area contributed by atoms with E-state index in [2.05, 4.69) is 11.4 Å². The molecular formula is C14H24F3N3. The van der Waals surface area contributed by atoms with Crippen molar-refractivity contribution >= 4 is 0 Å². The molecule has 1 rings (SSSR count). The molecule has 0 aromatic heterocycles. The normalized spacial score (nSPS) is 27.2. The third kappa shape index (κ3) is 4.95. The summed E-state index contributed by atoms with van der Waals surface area (Å²) in [5.41, 5.74) is -0.562. The Kier molecular flexibility index (Phi) is 5.84. The second kappa shape index (κ2) is 6.77. The molecule has 20 heavy (non-hydrogen) atoms. The van der Waals surface area contributed by atoms with Gasteiger partial charge in [0.15, 0.2) is 0 Å². The van der Waals surface area contributed by atoms with E-state index in [0.717, 1.165) is 19.3 Å². The number of nitrogens with zero attached hydrogens (tertiary/aromatic N) is 2. The molecule has 0 spiro atoms. The number of halogens is 3. The highest BCUT2D eigenvalue weighted by Gasteiger charge is 2.43. The fourth-order valence-corrected chi connectivity index (χ4v) is 3.11. The smallest absolute Gasteiger partial charge is 0.298 e. The van der Waals surface area contributed by atoms with Crippen molar-refractivity contribution in [2.75, 3.05) is 20.1 Å². The molecule has 0 heterocycles. The molecule has 2 atom stereocenters. The van der Waals surface area contributed by atoms with Crippen molar-refractivity contribution in [3.05, 3.63) is 0 Å². The Morgan fingerprint density at radius 3 is 2.60 bits per heavy atom. The first-order valence-corrected chi connectivity index (χ1v) is 7.13. The van der Waals surface area contributed by atoms with E-state index in [-0.39, 0.29) is 12.0 Å². The summed E-state index contributed by atoms with van der Waals surface area (Å²) in [5.74, 6) is 0.130. The van der Waals surface area contributed by atoms with Crippen LogP contribution in [-0.2, 0) is 0 Å². The SMILES string of the molecule is CC(C)NC1(C#N)CCCC1CCN(C)CC(F)(F)F. The molecule has 1 saturated carbocycles. The van der Waals surface area contributed by atoms with Gasteiger partial charge in [0.1, 0.15) is 5.54 Å². The van der Waals surface area contributed by atoms with Crippen LogP contribution in [-0.4, -0.2) is 42.8 Å². The van der Waals surface area contributed by atoms with Gasteiger partial charge in [-0.05, 0) is 52.6 Å². The predicted octanol–water partition coefficient (Wildman–Crippen LogP) is 2.93. The zero-order valence-corrected chi connectivity index (χ0v) is 12.4. The van der Waals surface area contributed by atoms with E-state index < -0.39 is 18.3 Å². The van der Waals surface area contributed by atoms with Gasteiger partial charge in [-0.3, -0.25) is 10.2 Å². The largest absolute Gasteiger partial charge is 0.401 e. The number of alkyl halides is 3. The van der Waals surface area contributed by atoms with Crippen molar-refractivity contribution < 1.29 is 13.2 Å². The van der Waals surface area contributed by atoms with Gasteiger partial charge >= 0.3 is 6.18 Å². The van der Waals surface area contributed by atoms with Crippen LogP contribution >= 0.6 is 0 Å². The molecule has 1 fully saturated rings. The summed E-state index contributed by atoms with van der Waals surface area (Å²) in [4.78, 5) is 1.29. The van der Waals surface area contributed by atoms with Crippen LogP contribution in [0.1, 0.15) is 39.5 Å². The molecule has 6 heteroatoms. The Morgan fingerprint density at radius 1 is 1.45 bits per heavy atom. The van der Waals surface area contributed by atoms with Crippen LogP contribution in [0.3, 0.4) is 0 Å². The van der Waals surface area contributed by atoms with Crippen molar-refractivity contribution in [2.24, 2.45) is 5.92 Å². The third-order valence-electron chi connectivity index (χ3n) is 3.87. The summed E-state index contributed by atoms with van der Waals surface area (Å²) < 4.78 is 36.9. The lowest BCUT2D eigenvalue weighted by molar-refractivity contribution is -0.143. The first-order chi connectivity index (χ1) is 9.18. The van der Waals surface area contributed by atoms with Crippen LogP contribution in [0.2, 0.25) is 0 Å². The molecule has 0 radical (unpaired) electrons. The summed E-state index contributed by atoms with van der Waals surface area (Å²) in [7, 11) is 1.48. The summed E-state index contributed by atoms with van der Waals surface area (Å²) >= 11 is 0. The van der Waals surface area contributed by atoms with Crippen LogP contribution in [0.4, 0.5) is 13.2 Å². The Morgan fingerprint density at radius 2 is 2.10 bits per heavy atom. The monoisotopic (exact) mass is 291 g/mol. The topological polar surface area (TPSA) is 39.1 Å². The van der Waals surface area contributed by atoms with Crippen molar-refractivity contribution in [1.29, 1.82) is 5.26 Å². The van der Waals surface area contributed by atoms with Gasteiger partial charge in [-0.2, -0.15) is 18.4 Å². The van der Waals surface area contributed by atoms with E-state index in [4.69, 9.17) is 0 Å².